The highest BCUT2D eigenvalue weighted by Gasteiger charge is 2.25. The van der Waals surface area contributed by atoms with Crippen LogP contribution in [0.2, 0.25) is 0 Å². The molecule has 0 spiro atoms. The van der Waals surface area contributed by atoms with Gasteiger partial charge in [0.1, 0.15) is 11.8 Å². The molecule has 1 aliphatic carbocycles. The summed E-state index contributed by atoms with van der Waals surface area (Å²) in [6.45, 7) is 5.48. The average molecular weight is 347 g/mol. The summed E-state index contributed by atoms with van der Waals surface area (Å²) in [5.74, 6) is 0.973. The van der Waals surface area contributed by atoms with Gasteiger partial charge in [-0.25, -0.2) is 0 Å². The van der Waals surface area contributed by atoms with Gasteiger partial charge in [-0.2, -0.15) is 0 Å². The number of methoxy groups -OCH3 is 1. The average Bonchev–Trinajstić information content (AvgIpc) is 2.56. The third-order valence-electron chi connectivity index (χ3n) is 4.72. The smallest absolute Gasteiger partial charge is 0.242 e. The lowest BCUT2D eigenvalue weighted by atomic mass is 9.86. The lowest BCUT2D eigenvalue weighted by molar-refractivity contribution is -0.122. The number of anilines is 2. The molecule has 1 aromatic rings. The van der Waals surface area contributed by atoms with E-state index in [0.717, 1.165) is 6.42 Å². The predicted octanol–water partition coefficient (Wildman–Crippen LogP) is 3.15. The predicted molar refractivity (Wildman–Crippen MR) is 99.9 cm³/mol. The molecule has 0 aliphatic heterocycles. The Bertz CT molecular complexity index is 618. The van der Waals surface area contributed by atoms with Crippen molar-refractivity contribution in [3.8, 4) is 5.75 Å². The fourth-order valence-corrected chi connectivity index (χ4v) is 3.24. The summed E-state index contributed by atoms with van der Waals surface area (Å²) in [6, 6.07) is 5.14. The molecule has 0 unspecified atom stereocenters. The number of carbonyl (C=O) groups is 2. The number of hydrogen-bond donors (Lipinski definition) is 3. The van der Waals surface area contributed by atoms with Gasteiger partial charge in [-0.1, -0.05) is 19.8 Å². The van der Waals surface area contributed by atoms with Crippen LogP contribution in [0.25, 0.3) is 0 Å². The van der Waals surface area contributed by atoms with Crippen LogP contribution in [0.5, 0.6) is 5.75 Å². The summed E-state index contributed by atoms with van der Waals surface area (Å²) in [7, 11) is 1.58. The Morgan fingerprint density at radius 2 is 1.96 bits per heavy atom. The fraction of sp³-hybridized carbons (Fsp3) is 0.579. The van der Waals surface area contributed by atoms with Crippen molar-refractivity contribution in [2.75, 3.05) is 17.7 Å². The van der Waals surface area contributed by atoms with E-state index in [1.807, 2.05) is 6.92 Å². The first-order valence-corrected chi connectivity index (χ1v) is 8.93. The molecule has 6 nitrogen and oxygen atoms in total. The molecular weight excluding hydrogens is 318 g/mol. The number of ether oxygens (including phenoxy) is 1. The highest BCUT2D eigenvalue weighted by molar-refractivity contribution is 5.90. The van der Waals surface area contributed by atoms with Crippen LogP contribution in [0.1, 0.15) is 46.5 Å². The molecule has 2 amide bonds. The Labute approximate surface area is 149 Å². The van der Waals surface area contributed by atoms with Crippen molar-refractivity contribution in [1.82, 2.24) is 5.32 Å². The Kier molecular flexibility index (Phi) is 6.67. The second-order valence-corrected chi connectivity index (χ2v) is 6.84. The Hall–Kier alpha value is -2.24. The van der Waals surface area contributed by atoms with Gasteiger partial charge in [-0.3, -0.25) is 9.59 Å². The van der Waals surface area contributed by atoms with Gasteiger partial charge >= 0.3 is 0 Å². The first-order chi connectivity index (χ1) is 11.9. The van der Waals surface area contributed by atoms with E-state index in [2.05, 4.69) is 22.9 Å². The maximum atomic E-state index is 12.5. The van der Waals surface area contributed by atoms with Gasteiger partial charge in [-0.05, 0) is 43.9 Å². The number of amides is 2. The van der Waals surface area contributed by atoms with Gasteiger partial charge in [0.15, 0.2) is 0 Å². The van der Waals surface area contributed by atoms with Crippen LogP contribution >= 0.6 is 0 Å². The number of carbonyl (C=O) groups excluding carboxylic acids is 2. The van der Waals surface area contributed by atoms with Crippen LogP contribution < -0.4 is 20.7 Å². The third kappa shape index (κ3) is 5.37. The third-order valence-corrected chi connectivity index (χ3v) is 4.72. The summed E-state index contributed by atoms with van der Waals surface area (Å²) in [5.41, 5.74) is 1.33. The Balaban J connectivity index is 2.03. The normalized spacial score (nSPS) is 21.1. The lowest BCUT2D eigenvalue weighted by Gasteiger charge is -2.30. The van der Waals surface area contributed by atoms with E-state index in [0.29, 0.717) is 23.0 Å². The van der Waals surface area contributed by atoms with E-state index in [4.69, 9.17) is 4.74 Å². The number of rotatable bonds is 6. The molecule has 3 atom stereocenters. The van der Waals surface area contributed by atoms with Crippen LogP contribution in [0.3, 0.4) is 0 Å². The van der Waals surface area contributed by atoms with Crippen molar-refractivity contribution in [1.29, 1.82) is 0 Å². The van der Waals surface area contributed by atoms with Gasteiger partial charge in [0, 0.05) is 18.7 Å². The number of hydrogen-bond acceptors (Lipinski definition) is 4. The van der Waals surface area contributed by atoms with Gasteiger partial charge < -0.3 is 20.7 Å². The van der Waals surface area contributed by atoms with Crippen molar-refractivity contribution >= 4 is 23.2 Å². The van der Waals surface area contributed by atoms with Crippen molar-refractivity contribution in [3.05, 3.63) is 18.2 Å². The fourth-order valence-electron chi connectivity index (χ4n) is 3.24. The molecule has 1 saturated carbocycles. The van der Waals surface area contributed by atoms with E-state index in [1.54, 1.807) is 25.3 Å². The van der Waals surface area contributed by atoms with E-state index in [1.165, 1.54) is 26.2 Å². The summed E-state index contributed by atoms with van der Waals surface area (Å²) >= 11 is 0. The molecule has 25 heavy (non-hydrogen) atoms. The van der Waals surface area contributed by atoms with Crippen LogP contribution in [-0.2, 0) is 9.59 Å². The van der Waals surface area contributed by atoms with Crippen molar-refractivity contribution < 1.29 is 14.3 Å². The second kappa shape index (κ2) is 8.74. The molecule has 6 heteroatoms. The summed E-state index contributed by atoms with van der Waals surface area (Å²) < 4.78 is 5.35. The first kappa shape index (κ1) is 19.1. The van der Waals surface area contributed by atoms with Crippen LogP contribution in [0, 0.1) is 5.92 Å². The molecular formula is C19H29N3O3. The standard InChI is InChI=1S/C19H29N3O3/c1-12-7-5-6-8-16(12)22-19(24)13(2)20-17-11-15(21-14(3)23)9-10-18(17)25-4/h9-13,16,20H,5-8H2,1-4H3,(H,21,23)(H,22,24)/t12-,13+,16+/m0/s1. The maximum Gasteiger partial charge on any atom is 0.242 e. The highest BCUT2D eigenvalue weighted by atomic mass is 16.5. The van der Waals surface area contributed by atoms with Crippen molar-refractivity contribution in [2.24, 2.45) is 5.92 Å². The van der Waals surface area contributed by atoms with E-state index in [-0.39, 0.29) is 17.9 Å². The molecule has 3 N–H and O–H groups in total. The quantitative estimate of drug-likeness (QED) is 0.738. The van der Waals surface area contributed by atoms with Gasteiger partial charge in [-0.15, -0.1) is 0 Å². The molecule has 0 saturated heterocycles. The van der Waals surface area contributed by atoms with E-state index >= 15 is 0 Å². The molecule has 138 valence electrons. The van der Waals surface area contributed by atoms with Crippen molar-refractivity contribution in [2.45, 2.75) is 58.5 Å². The van der Waals surface area contributed by atoms with Gasteiger partial charge in [0.25, 0.3) is 0 Å². The number of benzene rings is 1. The van der Waals surface area contributed by atoms with Gasteiger partial charge in [0.05, 0.1) is 12.8 Å². The van der Waals surface area contributed by atoms with E-state index < -0.39 is 6.04 Å². The maximum absolute atomic E-state index is 12.5. The molecule has 0 heterocycles. The largest absolute Gasteiger partial charge is 0.495 e. The number of nitrogens with one attached hydrogen (secondary N) is 3. The summed E-state index contributed by atoms with van der Waals surface area (Å²) in [5, 5.41) is 9.09. The summed E-state index contributed by atoms with van der Waals surface area (Å²) in [4.78, 5) is 23.8. The minimum Gasteiger partial charge on any atom is -0.495 e. The van der Waals surface area contributed by atoms with Gasteiger partial charge in [0.2, 0.25) is 11.8 Å². The minimum atomic E-state index is -0.407. The molecule has 2 rings (SSSR count). The lowest BCUT2D eigenvalue weighted by Crippen LogP contribution is -2.46. The SMILES string of the molecule is COc1ccc(NC(C)=O)cc1N[C@H](C)C(=O)N[C@@H]1CCCC[C@@H]1C. The molecule has 1 aromatic carbocycles. The topological polar surface area (TPSA) is 79.5 Å². The summed E-state index contributed by atoms with van der Waals surface area (Å²) in [6.07, 6.45) is 4.62. The highest BCUT2D eigenvalue weighted by Crippen LogP contribution is 2.29. The zero-order valence-electron chi connectivity index (χ0n) is 15.5. The first-order valence-electron chi connectivity index (χ1n) is 8.93. The Morgan fingerprint density at radius 1 is 1.24 bits per heavy atom. The van der Waals surface area contributed by atoms with Crippen LogP contribution in [-0.4, -0.2) is 31.0 Å². The monoisotopic (exact) mass is 347 g/mol. The Morgan fingerprint density at radius 3 is 2.60 bits per heavy atom. The molecule has 1 fully saturated rings. The van der Waals surface area contributed by atoms with Crippen LogP contribution in [0.15, 0.2) is 18.2 Å². The van der Waals surface area contributed by atoms with Crippen LogP contribution in [0.4, 0.5) is 11.4 Å². The van der Waals surface area contributed by atoms with Crippen molar-refractivity contribution in [3.63, 3.8) is 0 Å². The molecule has 0 bridgehead atoms. The second-order valence-electron chi connectivity index (χ2n) is 6.84. The zero-order chi connectivity index (χ0) is 18.4. The minimum absolute atomic E-state index is 0.0225. The molecule has 0 radical (unpaired) electrons. The van der Waals surface area contributed by atoms with E-state index in [9.17, 15) is 9.59 Å². The molecule has 1 aliphatic rings. The zero-order valence-corrected chi connectivity index (χ0v) is 15.5. The molecule has 0 aromatic heterocycles.